The van der Waals surface area contributed by atoms with E-state index in [4.69, 9.17) is 5.11 Å². The number of nitrogens with zero attached hydrogens (tertiary/aromatic N) is 3. The van der Waals surface area contributed by atoms with Crippen LogP contribution in [0.3, 0.4) is 0 Å². The molecule has 0 bridgehead atoms. The first-order valence-electron chi connectivity index (χ1n) is 7.94. The molecule has 132 valence electrons. The molecule has 1 aliphatic heterocycles. The summed E-state index contributed by atoms with van der Waals surface area (Å²) in [7, 11) is 0. The zero-order chi connectivity index (χ0) is 18.1. The monoisotopic (exact) mass is 347 g/mol. The topological polar surface area (TPSA) is 95.7 Å². The predicted octanol–water partition coefficient (Wildman–Crippen LogP) is 1.96. The molecule has 0 radical (unpaired) electrons. The largest absolute Gasteiger partial charge is 0.504 e. The van der Waals surface area contributed by atoms with Crippen molar-refractivity contribution in [3.8, 4) is 11.4 Å². The molecule has 1 aromatic carbocycles. The Kier molecular flexibility index (Phi) is 4.43. The van der Waals surface area contributed by atoms with E-state index in [1.807, 2.05) is 0 Å². The number of aromatic nitrogens is 2. The van der Waals surface area contributed by atoms with E-state index in [2.05, 4.69) is 5.10 Å². The van der Waals surface area contributed by atoms with Crippen LogP contribution in [0, 0.1) is 18.7 Å². The summed E-state index contributed by atoms with van der Waals surface area (Å²) >= 11 is 0. The number of piperidine rings is 1. The number of amides is 1. The molecule has 2 heterocycles. The number of carboxylic acids is 1. The second kappa shape index (κ2) is 6.54. The lowest BCUT2D eigenvalue weighted by Crippen LogP contribution is -2.40. The van der Waals surface area contributed by atoms with Gasteiger partial charge in [0.05, 0.1) is 17.8 Å². The highest BCUT2D eigenvalue weighted by atomic mass is 19.1. The summed E-state index contributed by atoms with van der Waals surface area (Å²) in [4.78, 5) is 25.0. The Hall–Kier alpha value is -2.90. The van der Waals surface area contributed by atoms with Gasteiger partial charge in [-0.15, -0.1) is 0 Å². The first-order valence-corrected chi connectivity index (χ1v) is 7.94. The fraction of sp³-hybridized carbons (Fsp3) is 0.353. The van der Waals surface area contributed by atoms with Crippen LogP contribution in [0.25, 0.3) is 5.69 Å². The van der Waals surface area contributed by atoms with Gasteiger partial charge in [-0.3, -0.25) is 9.59 Å². The molecular formula is C17H18FN3O4. The van der Waals surface area contributed by atoms with E-state index >= 15 is 0 Å². The van der Waals surface area contributed by atoms with Crippen LogP contribution >= 0.6 is 0 Å². The number of aliphatic carboxylic acids is 1. The molecule has 0 saturated carbocycles. The normalized spacial score (nSPS) is 15.4. The SMILES string of the molecule is Cc1cc(F)ccc1-n1cc(O)c(C(=O)N2CCC(C(=O)O)CC2)n1. The zero-order valence-electron chi connectivity index (χ0n) is 13.6. The van der Waals surface area contributed by atoms with Crippen molar-refractivity contribution in [3.63, 3.8) is 0 Å². The number of hydrogen-bond acceptors (Lipinski definition) is 4. The Morgan fingerprint density at radius 2 is 1.96 bits per heavy atom. The Morgan fingerprint density at radius 3 is 2.56 bits per heavy atom. The van der Waals surface area contributed by atoms with Gasteiger partial charge in [0.15, 0.2) is 11.4 Å². The molecule has 1 saturated heterocycles. The molecule has 2 N–H and O–H groups in total. The van der Waals surface area contributed by atoms with Gasteiger partial charge in [-0.25, -0.2) is 9.07 Å². The molecule has 1 aromatic heterocycles. The molecule has 0 atom stereocenters. The van der Waals surface area contributed by atoms with Gasteiger partial charge in [0.2, 0.25) is 0 Å². The van der Waals surface area contributed by atoms with Gasteiger partial charge in [-0.2, -0.15) is 5.10 Å². The highest BCUT2D eigenvalue weighted by Gasteiger charge is 2.30. The lowest BCUT2D eigenvalue weighted by atomic mass is 9.97. The molecule has 2 aromatic rings. The molecule has 25 heavy (non-hydrogen) atoms. The molecule has 0 aliphatic carbocycles. The number of benzene rings is 1. The third kappa shape index (κ3) is 3.33. The summed E-state index contributed by atoms with van der Waals surface area (Å²) < 4.78 is 14.6. The summed E-state index contributed by atoms with van der Waals surface area (Å²) in [5, 5.41) is 23.2. The Labute approximate surface area is 143 Å². The summed E-state index contributed by atoms with van der Waals surface area (Å²) in [6.45, 7) is 2.31. The number of rotatable bonds is 3. The molecular weight excluding hydrogens is 329 g/mol. The molecule has 1 amide bonds. The van der Waals surface area contributed by atoms with Crippen LogP contribution in [0.1, 0.15) is 28.9 Å². The van der Waals surface area contributed by atoms with Gasteiger partial charge in [-0.05, 0) is 43.5 Å². The Balaban J connectivity index is 1.81. The van der Waals surface area contributed by atoms with Crippen molar-refractivity contribution < 1.29 is 24.2 Å². The number of carbonyl (C=O) groups excluding carboxylic acids is 1. The average Bonchev–Trinajstić information content (AvgIpc) is 2.95. The van der Waals surface area contributed by atoms with E-state index in [0.29, 0.717) is 37.2 Å². The van der Waals surface area contributed by atoms with Crippen molar-refractivity contribution in [2.45, 2.75) is 19.8 Å². The number of aryl methyl sites for hydroxylation is 1. The smallest absolute Gasteiger partial charge is 0.306 e. The van der Waals surface area contributed by atoms with Gasteiger partial charge >= 0.3 is 5.97 Å². The average molecular weight is 347 g/mol. The third-order valence-corrected chi connectivity index (χ3v) is 4.43. The minimum atomic E-state index is -0.856. The molecule has 0 spiro atoms. The Morgan fingerprint density at radius 1 is 1.28 bits per heavy atom. The lowest BCUT2D eigenvalue weighted by molar-refractivity contribution is -0.143. The van der Waals surface area contributed by atoms with Crippen molar-refractivity contribution in [2.24, 2.45) is 5.92 Å². The number of halogens is 1. The van der Waals surface area contributed by atoms with E-state index < -0.39 is 17.8 Å². The van der Waals surface area contributed by atoms with Crippen LogP contribution in [0.5, 0.6) is 5.75 Å². The van der Waals surface area contributed by atoms with Gasteiger partial charge in [-0.1, -0.05) is 0 Å². The highest BCUT2D eigenvalue weighted by Crippen LogP contribution is 2.24. The van der Waals surface area contributed by atoms with Crippen molar-refractivity contribution in [2.75, 3.05) is 13.1 Å². The van der Waals surface area contributed by atoms with Crippen LogP contribution < -0.4 is 0 Å². The first kappa shape index (κ1) is 16.9. The number of hydrogen-bond donors (Lipinski definition) is 2. The number of carbonyl (C=O) groups is 2. The maximum atomic E-state index is 13.2. The molecule has 7 nitrogen and oxygen atoms in total. The van der Waals surface area contributed by atoms with Crippen LogP contribution in [0.2, 0.25) is 0 Å². The van der Waals surface area contributed by atoms with Crippen LogP contribution in [-0.2, 0) is 4.79 Å². The maximum Gasteiger partial charge on any atom is 0.306 e. The van der Waals surface area contributed by atoms with Gasteiger partial charge in [0, 0.05) is 13.1 Å². The maximum absolute atomic E-state index is 13.2. The molecule has 3 rings (SSSR count). The fourth-order valence-electron chi connectivity index (χ4n) is 3.00. The standard InChI is InChI=1S/C17H18FN3O4/c1-10-8-12(18)2-3-13(10)21-9-14(22)15(19-21)16(23)20-6-4-11(5-7-20)17(24)25/h2-3,8-9,11,22H,4-7H2,1H3,(H,24,25). The lowest BCUT2D eigenvalue weighted by Gasteiger charge is -2.29. The number of carboxylic acid groups (broad SMARTS) is 1. The summed E-state index contributed by atoms with van der Waals surface area (Å²) in [5.74, 6) is -2.40. The molecule has 1 fully saturated rings. The summed E-state index contributed by atoms with van der Waals surface area (Å²) in [5.41, 5.74) is 1.07. The summed E-state index contributed by atoms with van der Waals surface area (Å²) in [6, 6.07) is 4.13. The van der Waals surface area contributed by atoms with Crippen molar-refractivity contribution in [3.05, 3.63) is 41.5 Å². The van der Waals surface area contributed by atoms with E-state index in [9.17, 15) is 19.1 Å². The van der Waals surface area contributed by atoms with E-state index in [1.165, 1.54) is 34.0 Å². The number of aromatic hydroxyl groups is 1. The van der Waals surface area contributed by atoms with Gasteiger partial charge in [0.25, 0.3) is 5.91 Å². The molecule has 1 aliphatic rings. The van der Waals surface area contributed by atoms with Crippen molar-refractivity contribution >= 4 is 11.9 Å². The quantitative estimate of drug-likeness (QED) is 0.885. The van der Waals surface area contributed by atoms with Crippen LogP contribution in [0.4, 0.5) is 4.39 Å². The van der Waals surface area contributed by atoms with Crippen LogP contribution in [0.15, 0.2) is 24.4 Å². The van der Waals surface area contributed by atoms with E-state index in [-0.39, 0.29) is 17.3 Å². The summed E-state index contributed by atoms with van der Waals surface area (Å²) in [6.07, 6.45) is 2.05. The van der Waals surface area contributed by atoms with Crippen LogP contribution in [-0.4, -0.2) is 49.9 Å². The van der Waals surface area contributed by atoms with E-state index in [1.54, 1.807) is 6.92 Å². The second-order valence-corrected chi connectivity index (χ2v) is 6.14. The molecule has 0 unspecified atom stereocenters. The zero-order valence-corrected chi connectivity index (χ0v) is 13.6. The minimum Gasteiger partial charge on any atom is -0.504 e. The third-order valence-electron chi connectivity index (χ3n) is 4.43. The minimum absolute atomic E-state index is 0.0995. The van der Waals surface area contributed by atoms with Crippen molar-refractivity contribution in [1.82, 2.24) is 14.7 Å². The highest BCUT2D eigenvalue weighted by molar-refractivity contribution is 5.95. The van der Waals surface area contributed by atoms with E-state index in [0.717, 1.165) is 0 Å². The Bertz CT molecular complexity index is 825. The molecule has 8 heteroatoms. The van der Waals surface area contributed by atoms with Gasteiger partial charge in [0.1, 0.15) is 5.82 Å². The first-order chi connectivity index (χ1) is 11.9. The second-order valence-electron chi connectivity index (χ2n) is 6.14. The van der Waals surface area contributed by atoms with Crippen molar-refractivity contribution in [1.29, 1.82) is 0 Å². The fourth-order valence-corrected chi connectivity index (χ4v) is 3.00. The van der Waals surface area contributed by atoms with Gasteiger partial charge < -0.3 is 15.1 Å². The number of likely N-dealkylation sites (tertiary alicyclic amines) is 1. The predicted molar refractivity (Wildman–Crippen MR) is 86.2 cm³/mol.